The van der Waals surface area contributed by atoms with Crippen molar-refractivity contribution in [1.82, 2.24) is 9.97 Å². The molecule has 0 radical (unpaired) electrons. The van der Waals surface area contributed by atoms with Crippen LogP contribution < -0.4 is 0 Å². The first-order chi connectivity index (χ1) is 8.84. The summed E-state index contributed by atoms with van der Waals surface area (Å²) in [5.41, 5.74) is 1.05. The Kier molecular flexibility index (Phi) is 2.86. The minimum Gasteiger partial charge on any atom is -0.290 e. The summed E-state index contributed by atoms with van der Waals surface area (Å²) in [6.45, 7) is 0. The highest BCUT2D eigenvalue weighted by Gasteiger charge is 2.12. The second-order valence-electron chi connectivity index (χ2n) is 3.93. The summed E-state index contributed by atoms with van der Waals surface area (Å²) in [5.74, 6) is 0.243. The number of Topliss-reactive ketones (excluding diaryl/α,β-unsaturated/α-hetero) is 1. The van der Waals surface area contributed by atoms with Crippen LogP contribution in [0.15, 0.2) is 48.1 Å². The Morgan fingerprint density at radius 3 is 2.72 bits per heavy atom. The van der Waals surface area contributed by atoms with E-state index in [2.05, 4.69) is 16.0 Å². The summed E-state index contributed by atoms with van der Waals surface area (Å²) < 4.78 is 1.20. The summed E-state index contributed by atoms with van der Waals surface area (Å²) in [4.78, 5) is 20.0. The van der Waals surface area contributed by atoms with Gasteiger partial charge in [-0.15, -0.1) is 11.3 Å². The van der Waals surface area contributed by atoms with Gasteiger partial charge in [0, 0.05) is 23.5 Å². The molecular formula is C14H10N2OS. The number of carbonyl (C=O) groups is 1. The second kappa shape index (κ2) is 4.66. The predicted octanol–water partition coefficient (Wildman–Crippen LogP) is 3.12. The number of fused-ring (bicyclic) bond motifs is 1. The Hall–Kier alpha value is -2.07. The van der Waals surface area contributed by atoms with Crippen molar-refractivity contribution in [2.75, 3.05) is 0 Å². The van der Waals surface area contributed by atoms with E-state index in [9.17, 15) is 4.79 Å². The van der Waals surface area contributed by atoms with Gasteiger partial charge in [-0.2, -0.15) is 0 Å². The van der Waals surface area contributed by atoms with Crippen molar-refractivity contribution in [3.63, 3.8) is 0 Å². The Labute approximate surface area is 108 Å². The second-order valence-corrected chi connectivity index (χ2v) is 4.84. The van der Waals surface area contributed by atoms with E-state index < -0.39 is 0 Å². The molecule has 0 aliphatic heterocycles. The van der Waals surface area contributed by atoms with Crippen molar-refractivity contribution in [3.8, 4) is 0 Å². The van der Waals surface area contributed by atoms with E-state index in [0.717, 1.165) is 10.9 Å². The van der Waals surface area contributed by atoms with Gasteiger partial charge in [0.2, 0.25) is 5.78 Å². The monoisotopic (exact) mass is 254 g/mol. The molecule has 0 fully saturated rings. The third-order valence-corrected chi connectivity index (χ3v) is 3.74. The quantitative estimate of drug-likeness (QED) is 0.674. The highest BCUT2D eigenvalue weighted by Crippen LogP contribution is 2.26. The number of ketones is 1. The van der Waals surface area contributed by atoms with Gasteiger partial charge < -0.3 is 0 Å². The molecule has 3 aromatic rings. The van der Waals surface area contributed by atoms with Gasteiger partial charge in [-0.1, -0.05) is 18.2 Å². The summed E-state index contributed by atoms with van der Waals surface area (Å²) >= 11 is 1.66. The van der Waals surface area contributed by atoms with E-state index in [1.165, 1.54) is 4.70 Å². The maximum Gasteiger partial charge on any atom is 0.204 e. The van der Waals surface area contributed by atoms with Gasteiger partial charge in [0.1, 0.15) is 0 Å². The van der Waals surface area contributed by atoms with Gasteiger partial charge in [0.15, 0.2) is 5.82 Å². The zero-order valence-corrected chi connectivity index (χ0v) is 10.4. The highest BCUT2D eigenvalue weighted by atomic mass is 32.1. The number of benzene rings is 1. The predicted molar refractivity (Wildman–Crippen MR) is 71.9 cm³/mol. The smallest absolute Gasteiger partial charge is 0.204 e. The topological polar surface area (TPSA) is 42.9 Å². The summed E-state index contributed by atoms with van der Waals surface area (Å²) in [7, 11) is 0. The van der Waals surface area contributed by atoms with Crippen LogP contribution in [0.25, 0.3) is 10.1 Å². The van der Waals surface area contributed by atoms with Gasteiger partial charge in [-0.05, 0) is 28.5 Å². The molecule has 0 N–H and O–H groups in total. The van der Waals surface area contributed by atoms with Crippen molar-refractivity contribution in [1.29, 1.82) is 0 Å². The van der Waals surface area contributed by atoms with Gasteiger partial charge >= 0.3 is 0 Å². The van der Waals surface area contributed by atoms with E-state index in [4.69, 9.17) is 0 Å². The molecule has 18 heavy (non-hydrogen) atoms. The number of nitrogens with zero attached hydrogens (tertiary/aromatic N) is 2. The molecule has 0 saturated carbocycles. The standard InChI is InChI=1S/C14H10N2OS/c17-12(14-15-6-3-7-16-14)8-10-9-18-13-5-2-1-4-11(10)13/h1-7,9H,8H2. The summed E-state index contributed by atoms with van der Waals surface area (Å²) in [5, 5.41) is 3.18. The molecule has 0 bridgehead atoms. The van der Waals surface area contributed by atoms with Gasteiger partial charge in [0.05, 0.1) is 0 Å². The molecule has 0 aliphatic carbocycles. The number of aromatic nitrogens is 2. The average Bonchev–Trinajstić information content (AvgIpc) is 2.83. The van der Waals surface area contributed by atoms with E-state index in [1.54, 1.807) is 29.8 Å². The zero-order chi connectivity index (χ0) is 12.4. The van der Waals surface area contributed by atoms with Crippen LogP contribution in [0.5, 0.6) is 0 Å². The molecule has 3 rings (SSSR count). The maximum atomic E-state index is 12.0. The van der Waals surface area contributed by atoms with Crippen LogP contribution in [0.1, 0.15) is 16.2 Å². The van der Waals surface area contributed by atoms with Crippen molar-refractivity contribution < 1.29 is 4.79 Å². The zero-order valence-electron chi connectivity index (χ0n) is 9.54. The molecule has 2 heterocycles. The molecule has 4 heteroatoms. The van der Waals surface area contributed by atoms with E-state index in [0.29, 0.717) is 6.42 Å². The van der Waals surface area contributed by atoms with Crippen molar-refractivity contribution >= 4 is 27.2 Å². The first-order valence-corrected chi connectivity index (χ1v) is 6.48. The first kappa shape index (κ1) is 11.0. The van der Waals surface area contributed by atoms with E-state index in [1.807, 2.05) is 23.6 Å². The van der Waals surface area contributed by atoms with Crippen LogP contribution in [-0.4, -0.2) is 15.8 Å². The van der Waals surface area contributed by atoms with Crippen molar-refractivity contribution in [2.45, 2.75) is 6.42 Å². The number of hydrogen-bond donors (Lipinski definition) is 0. The normalized spacial score (nSPS) is 10.7. The summed E-state index contributed by atoms with van der Waals surface area (Å²) in [6, 6.07) is 9.80. The fourth-order valence-electron chi connectivity index (χ4n) is 1.86. The molecule has 0 saturated heterocycles. The Morgan fingerprint density at radius 2 is 1.89 bits per heavy atom. The number of carbonyl (C=O) groups excluding carboxylic acids is 1. The molecule has 0 unspecified atom stereocenters. The van der Waals surface area contributed by atoms with Crippen LogP contribution in [0.4, 0.5) is 0 Å². The molecule has 1 aromatic carbocycles. The van der Waals surface area contributed by atoms with Gasteiger partial charge in [-0.3, -0.25) is 4.79 Å². The Balaban J connectivity index is 1.91. The number of hydrogen-bond acceptors (Lipinski definition) is 4. The third-order valence-electron chi connectivity index (χ3n) is 2.73. The van der Waals surface area contributed by atoms with Crippen molar-refractivity contribution in [2.24, 2.45) is 0 Å². The molecule has 2 aromatic heterocycles. The molecule has 3 nitrogen and oxygen atoms in total. The van der Waals surface area contributed by atoms with Gasteiger partial charge in [0.25, 0.3) is 0 Å². The average molecular weight is 254 g/mol. The molecule has 88 valence electrons. The Bertz CT molecular complexity index is 691. The third kappa shape index (κ3) is 2.02. The van der Waals surface area contributed by atoms with E-state index in [-0.39, 0.29) is 11.6 Å². The fourth-order valence-corrected chi connectivity index (χ4v) is 2.83. The molecule has 0 amide bonds. The SMILES string of the molecule is O=C(Cc1csc2ccccc12)c1ncccn1. The molecule has 0 spiro atoms. The van der Waals surface area contributed by atoms with Crippen LogP contribution in [0.3, 0.4) is 0 Å². The molecule has 0 aliphatic rings. The summed E-state index contributed by atoms with van der Waals surface area (Å²) in [6.07, 6.45) is 3.53. The van der Waals surface area contributed by atoms with Crippen LogP contribution >= 0.6 is 11.3 Å². The highest BCUT2D eigenvalue weighted by molar-refractivity contribution is 7.17. The fraction of sp³-hybridized carbons (Fsp3) is 0.0714. The lowest BCUT2D eigenvalue weighted by atomic mass is 10.1. The lowest BCUT2D eigenvalue weighted by Gasteiger charge is -1.98. The molecular weight excluding hydrogens is 244 g/mol. The maximum absolute atomic E-state index is 12.0. The largest absolute Gasteiger partial charge is 0.290 e. The first-order valence-electron chi connectivity index (χ1n) is 5.60. The number of rotatable bonds is 3. The molecule has 0 atom stereocenters. The van der Waals surface area contributed by atoms with Crippen LogP contribution in [-0.2, 0) is 6.42 Å². The minimum absolute atomic E-state index is 0.0425. The van der Waals surface area contributed by atoms with Crippen LogP contribution in [0.2, 0.25) is 0 Å². The Morgan fingerprint density at radius 1 is 1.11 bits per heavy atom. The van der Waals surface area contributed by atoms with E-state index >= 15 is 0 Å². The van der Waals surface area contributed by atoms with Crippen LogP contribution in [0, 0.1) is 0 Å². The lowest BCUT2D eigenvalue weighted by molar-refractivity contribution is 0.0983. The number of thiophene rings is 1. The minimum atomic E-state index is -0.0425. The van der Waals surface area contributed by atoms with Crippen molar-refractivity contribution in [3.05, 3.63) is 59.5 Å². The lowest BCUT2D eigenvalue weighted by Crippen LogP contribution is -2.07. The van der Waals surface area contributed by atoms with Gasteiger partial charge in [-0.25, -0.2) is 9.97 Å².